The Morgan fingerprint density at radius 1 is 1.64 bits per heavy atom. The molecule has 0 fully saturated rings. The van der Waals surface area contributed by atoms with Gasteiger partial charge in [0.25, 0.3) is 0 Å². The molecule has 0 saturated heterocycles. The number of amides is 1. The number of pyridine rings is 1. The van der Waals surface area contributed by atoms with Gasteiger partial charge in [-0.15, -0.1) is 0 Å². The van der Waals surface area contributed by atoms with Crippen LogP contribution in [0.1, 0.15) is 6.92 Å². The van der Waals surface area contributed by atoms with Crippen LogP contribution in [0.2, 0.25) is 0 Å². The second-order valence-electron chi connectivity index (χ2n) is 2.61. The van der Waals surface area contributed by atoms with Crippen LogP contribution in [0.25, 0.3) is 0 Å². The number of hydrogen-bond donors (Lipinski definition) is 2. The van der Waals surface area contributed by atoms with Gasteiger partial charge in [0.1, 0.15) is 12.4 Å². The lowest BCUT2D eigenvalue weighted by molar-refractivity contribution is -0.114. The molecule has 1 amide bonds. The molecule has 1 aromatic heterocycles. The Balaban J connectivity index is 2.63. The predicted octanol–water partition coefficient (Wildman–Crippen LogP) is 0.411. The lowest BCUT2D eigenvalue weighted by atomic mass is 10.4. The molecule has 0 saturated carbocycles. The third-order valence-corrected chi connectivity index (χ3v) is 1.37. The van der Waals surface area contributed by atoms with Gasteiger partial charge in [-0.1, -0.05) is 6.07 Å². The standard InChI is InChI=1S/C9H12N2O3/c1-7(13)10-8-3-2-4-9(11-8)14-6-5-12/h2-4,12H,5-6H2,1H3,(H,10,11,13). The summed E-state index contributed by atoms with van der Waals surface area (Å²) in [5.74, 6) is 0.634. The predicted molar refractivity (Wildman–Crippen MR) is 51.1 cm³/mol. The molecule has 0 bridgehead atoms. The molecule has 2 N–H and O–H groups in total. The molecule has 14 heavy (non-hydrogen) atoms. The second kappa shape index (κ2) is 5.18. The average Bonchev–Trinajstić information content (AvgIpc) is 2.14. The van der Waals surface area contributed by atoms with Gasteiger partial charge in [0, 0.05) is 13.0 Å². The van der Waals surface area contributed by atoms with Crippen molar-refractivity contribution in [1.29, 1.82) is 0 Å². The van der Waals surface area contributed by atoms with Crippen molar-refractivity contribution in [2.45, 2.75) is 6.92 Å². The van der Waals surface area contributed by atoms with Crippen LogP contribution in [0.15, 0.2) is 18.2 Å². The summed E-state index contributed by atoms with van der Waals surface area (Å²) >= 11 is 0. The first kappa shape index (κ1) is 10.5. The van der Waals surface area contributed by atoms with Gasteiger partial charge in [-0.25, -0.2) is 0 Å². The van der Waals surface area contributed by atoms with Crippen LogP contribution < -0.4 is 10.1 Å². The number of nitrogens with zero attached hydrogens (tertiary/aromatic N) is 1. The van der Waals surface area contributed by atoms with Crippen molar-refractivity contribution in [2.75, 3.05) is 18.5 Å². The number of carbonyl (C=O) groups is 1. The molecule has 5 nitrogen and oxygen atoms in total. The fourth-order valence-electron chi connectivity index (χ4n) is 0.895. The highest BCUT2D eigenvalue weighted by atomic mass is 16.5. The van der Waals surface area contributed by atoms with Crippen molar-refractivity contribution >= 4 is 11.7 Å². The fraction of sp³-hybridized carbons (Fsp3) is 0.333. The van der Waals surface area contributed by atoms with E-state index in [4.69, 9.17) is 9.84 Å². The number of ether oxygens (including phenoxy) is 1. The summed E-state index contributed by atoms with van der Waals surface area (Å²) in [6.07, 6.45) is 0. The van der Waals surface area contributed by atoms with Crippen molar-refractivity contribution in [1.82, 2.24) is 4.98 Å². The topological polar surface area (TPSA) is 71.5 Å². The molecule has 0 atom stereocenters. The number of aliphatic hydroxyl groups is 1. The Kier molecular flexibility index (Phi) is 3.87. The summed E-state index contributed by atoms with van der Waals surface area (Å²) in [7, 11) is 0. The van der Waals surface area contributed by atoms with E-state index in [1.54, 1.807) is 18.2 Å². The van der Waals surface area contributed by atoms with E-state index < -0.39 is 0 Å². The van der Waals surface area contributed by atoms with Gasteiger partial charge in [-0.3, -0.25) is 4.79 Å². The number of anilines is 1. The van der Waals surface area contributed by atoms with Gasteiger partial charge in [0.15, 0.2) is 0 Å². The van der Waals surface area contributed by atoms with Crippen LogP contribution in [-0.4, -0.2) is 29.2 Å². The molecule has 5 heteroatoms. The number of rotatable bonds is 4. The van der Waals surface area contributed by atoms with E-state index in [9.17, 15) is 4.79 Å². The summed E-state index contributed by atoms with van der Waals surface area (Å²) < 4.78 is 5.06. The van der Waals surface area contributed by atoms with Crippen molar-refractivity contribution in [2.24, 2.45) is 0 Å². The van der Waals surface area contributed by atoms with Gasteiger partial charge in [0.05, 0.1) is 6.61 Å². The lowest BCUT2D eigenvalue weighted by Crippen LogP contribution is -2.08. The smallest absolute Gasteiger partial charge is 0.222 e. The first-order chi connectivity index (χ1) is 6.72. The number of nitrogens with one attached hydrogen (secondary N) is 1. The van der Waals surface area contributed by atoms with E-state index in [-0.39, 0.29) is 19.1 Å². The number of carbonyl (C=O) groups excluding carboxylic acids is 1. The summed E-state index contributed by atoms with van der Waals surface area (Å²) in [6.45, 7) is 1.53. The quantitative estimate of drug-likeness (QED) is 0.731. The summed E-state index contributed by atoms with van der Waals surface area (Å²) in [5.41, 5.74) is 0. The molecule has 76 valence electrons. The van der Waals surface area contributed by atoms with Gasteiger partial charge in [0.2, 0.25) is 11.8 Å². The highest BCUT2D eigenvalue weighted by molar-refractivity contribution is 5.87. The van der Waals surface area contributed by atoms with Crippen molar-refractivity contribution in [3.8, 4) is 5.88 Å². The molecule has 0 aliphatic heterocycles. The maximum Gasteiger partial charge on any atom is 0.222 e. The van der Waals surface area contributed by atoms with Crippen LogP contribution in [0, 0.1) is 0 Å². The zero-order valence-corrected chi connectivity index (χ0v) is 7.86. The molecule has 0 spiro atoms. The fourth-order valence-corrected chi connectivity index (χ4v) is 0.895. The molecular weight excluding hydrogens is 184 g/mol. The van der Waals surface area contributed by atoms with Crippen LogP contribution >= 0.6 is 0 Å². The van der Waals surface area contributed by atoms with Crippen molar-refractivity contribution in [3.05, 3.63) is 18.2 Å². The Morgan fingerprint density at radius 3 is 3.07 bits per heavy atom. The van der Waals surface area contributed by atoms with E-state index in [1.807, 2.05) is 0 Å². The Labute approximate surface area is 81.7 Å². The van der Waals surface area contributed by atoms with Crippen LogP contribution in [0.4, 0.5) is 5.82 Å². The first-order valence-electron chi connectivity index (χ1n) is 4.20. The van der Waals surface area contributed by atoms with Gasteiger partial charge in [-0.2, -0.15) is 4.98 Å². The highest BCUT2D eigenvalue weighted by Crippen LogP contribution is 2.10. The maximum atomic E-state index is 10.7. The molecule has 0 radical (unpaired) electrons. The zero-order chi connectivity index (χ0) is 10.4. The number of aromatic nitrogens is 1. The molecule has 0 unspecified atom stereocenters. The van der Waals surface area contributed by atoms with Crippen LogP contribution in [0.5, 0.6) is 5.88 Å². The molecule has 0 aromatic carbocycles. The second-order valence-corrected chi connectivity index (χ2v) is 2.61. The highest BCUT2D eigenvalue weighted by Gasteiger charge is 1.99. The third-order valence-electron chi connectivity index (χ3n) is 1.37. The molecule has 1 rings (SSSR count). The zero-order valence-electron chi connectivity index (χ0n) is 7.86. The summed E-state index contributed by atoms with van der Waals surface area (Å²) in [6, 6.07) is 5.03. The van der Waals surface area contributed by atoms with Crippen molar-refractivity contribution < 1.29 is 14.6 Å². The normalized spacial score (nSPS) is 9.57. The van der Waals surface area contributed by atoms with E-state index in [2.05, 4.69) is 10.3 Å². The minimum Gasteiger partial charge on any atom is -0.475 e. The maximum absolute atomic E-state index is 10.7. The average molecular weight is 196 g/mol. The lowest BCUT2D eigenvalue weighted by Gasteiger charge is -2.05. The summed E-state index contributed by atoms with van der Waals surface area (Å²) in [4.78, 5) is 14.7. The number of hydrogen-bond acceptors (Lipinski definition) is 4. The van der Waals surface area contributed by atoms with Gasteiger partial charge >= 0.3 is 0 Å². The molecule has 1 heterocycles. The van der Waals surface area contributed by atoms with Gasteiger partial charge in [-0.05, 0) is 6.07 Å². The first-order valence-corrected chi connectivity index (χ1v) is 4.20. The van der Waals surface area contributed by atoms with Gasteiger partial charge < -0.3 is 15.2 Å². The minimum atomic E-state index is -0.184. The molecule has 1 aromatic rings. The van der Waals surface area contributed by atoms with Crippen molar-refractivity contribution in [3.63, 3.8) is 0 Å². The molecule has 0 aliphatic rings. The van der Waals surface area contributed by atoms with E-state index in [0.717, 1.165) is 0 Å². The van der Waals surface area contributed by atoms with E-state index in [1.165, 1.54) is 6.92 Å². The molecule has 0 aliphatic carbocycles. The Hall–Kier alpha value is -1.62. The third kappa shape index (κ3) is 3.40. The van der Waals surface area contributed by atoms with E-state index in [0.29, 0.717) is 11.7 Å². The van der Waals surface area contributed by atoms with E-state index >= 15 is 0 Å². The molecular formula is C9H12N2O3. The minimum absolute atomic E-state index is 0.0634. The monoisotopic (exact) mass is 196 g/mol. The largest absolute Gasteiger partial charge is 0.475 e. The summed E-state index contributed by atoms with van der Waals surface area (Å²) in [5, 5.41) is 11.0. The Morgan fingerprint density at radius 2 is 2.43 bits per heavy atom. The Bertz CT molecular complexity index is 315. The van der Waals surface area contributed by atoms with Crippen LogP contribution in [0.3, 0.4) is 0 Å². The SMILES string of the molecule is CC(=O)Nc1cccc(OCCO)n1. The number of aliphatic hydroxyl groups excluding tert-OH is 1. The van der Waals surface area contributed by atoms with Crippen LogP contribution in [-0.2, 0) is 4.79 Å².